The lowest BCUT2D eigenvalue weighted by Gasteiger charge is -2.18. The highest BCUT2D eigenvalue weighted by Crippen LogP contribution is 2.35. The molecule has 146 valence electrons. The fourth-order valence-corrected chi connectivity index (χ4v) is 4.69. The normalized spacial score (nSPS) is 14.5. The average Bonchev–Trinajstić information content (AvgIpc) is 3.32. The van der Waals surface area contributed by atoms with Crippen LogP contribution in [-0.2, 0) is 5.54 Å². The lowest BCUT2D eigenvalue weighted by molar-refractivity contribution is 0.420. The summed E-state index contributed by atoms with van der Waals surface area (Å²) in [5, 5.41) is 3.41. The summed E-state index contributed by atoms with van der Waals surface area (Å²) in [5.41, 5.74) is 3.67. The number of nitrogens with zero attached hydrogens (tertiary/aromatic N) is 2. The molecule has 3 aromatic rings. The van der Waals surface area contributed by atoms with Gasteiger partial charge in [-0.05, 0) is 63.4 Å². The van der Waals surface area contributed by atoms with Gasteiger partial charge in [-0.15, -0.1) is 0 Å². The molecule has 0 amide bonds. The zero-order valence-electron chi connectivity index (χ0n) is 16.7. The van der Waals surface area contributed by atoms with Gasteiger partial charge in [0.15, 0.2) is 0 Å². The molecule has 0 atom stereocenters. The van der Waals surface area contributed by atoms with Gasteiger partial charge in [-0.3, -0.25) is 8.75 Å². The van der Waals surface area contributed by atoms with E-state index in [-0.39, 0.29) is 11.1 Å². The standard InChI is InChI=1S/C23H27N3OS/c1-23(2,3)26-22(27)20(21(28-26)17-9-5-4-6-10-17)24-18-11-13-19(14-12-18)25-15-7-8-16-25/h4-6,9-14,24H,7-8,15-16H2,1-3H3. The van der Waals surface area contributed by atoms with E-state index >= 15 is 0 Å². The van der Waals surface area contributed by atoms with Gasteiger partial charge in [0, 0.05) is 24.5 Å². The molecule has 0 saturated carbocycles. The summed E-state index contributed by atoms with van der Waals surface area (Å²) in [6, 6.07) is 18.6. The highest BCUT2D eigenvalue weighted by molar-refractivity contribution is 7.11. The van der Waals surface area contributed by atoms with Crippen molar-refractivity contribution < 1.29 is 0 Å². The van der Waals surface area contributed by atoms with E-state index in [0.717, 1.165) is 29.2 Å². The molecule has 4 rings (SSSR count). The minimum atomic E-state index is -0.259. The summed E-state index contributed by atoms with van der Waals surface area (Å²) in [5.74, 6) is 0. The topological polar surface area (TPSA) is 37.3 Å². The van der Waals surface area contributed by atoms with Gasteiger partial charge >= 0.3 is 0 Å². The first-order valence-corrected chi connectivity index (χ1v) is 10.6. The second kappa shape index (κ2) is 7.47. The van der Waals surface area contributed by atoms with Gasteiger partial charge < -0.3 is 10.2 Å². The minimum absolute atomic E-state index is 0.0278. The number of hydrogen-bond acceptors (Lipinski definition) is 4. The first-order valence-electron chi connectivity index (χ1n) is 9.88. The Morgan fingerprint density at radius 1 is 0.929 bits per heavy atom. The van der Waals surface area contributed by atoms with Crippen molar-refractivity contribution in [3.05, 3.63) is 65.0 Å². The van der Waals surface area contributed by atoms with Crippen molar-refractivity contribution >= 4 is 28.6 Å². The molecule has 4 nitrogen and oxygen atoms in total. The summed E-state index contributed by atoms with van der Waals surface area (Å²) in [6.07, 6.45) is 2.53. The minimum Gasteiger partial charge on any atom is -0.372 e. The summed E-state index contributed by atoms with van der Waals surface area (Å²) in [7, 11) is 0. The van der Waals surface area contributed by atoms with Crippen LogP contribution in [0, 0.1) is 0 Å². The molecule has 5 heteroatoms. The molecule has 2 aromatic carbocycles. The third kappa shape index (κ3) is 3.72. The number of rotatable bonds is 4. The van der Waals surface area contributed by atoms with Crippen LogP contribution < -0.4 is 15.8 Å². The lowest BCUT2D eigenvalue weighted by Crippen LogP contribution is -2.29. The van der Waals surface area contributed by atoms with Gasteiger partial charge in [0.2, 0.25) is 0 Å². The Bertz CT molecular complexity index is 991. The zero-order chi connectivity index (χ0) is 19.7. The van der Waals surface area contributed by atoms with Gasteiger partial charge in [0.05, 0.1) is 10.4 Å². The van der Waals surface area contributed by atoms with Crippen LogP contribution in [0.5, 0.6) is 0 Å². The quantitative estimate of drug-likeness (QED) is 0.620. The van der Waals surface area contributed by atoms with Crippen molar-refractivity contribution in [3.8, 4) is 10.4 Å². The average molecular weight is 394 g/mol. The molecule has 0 radical (unpaired) electrons. The molecule has 1 aliphatic rings. The summed E-state index contributed by atoms with van der Waals surface area (Å²) < 4.78 is 1.86. The molecule has 1 saturated heterocycles. The van der Waals surface area contributed by atoms with Crippen molar-refractivity contribution in [2.45, 2.75) is 39.2 Å². The Morgan fingerprint density at radius 2 is 1.57 bits per heavy atom. The fourth-order valence-electron chi connectivity index (χ4n) is 3.59. The Hall–Kier alpha value is -2.53. The van der Waals surface area contributed by atoms with Crippen molar-refractivity contribution in [1.29, 1.82) is 0 Å². The van der Waals surface area contributed by atoms with Gasteiger partial charge in [-0.25, -0.2) is 0 Å². The summed E-state index contributed by atoms with van der Waals surface area (Å²) >= 11 is 1.52. The molecule has 0 aliphatic carbocycles. The first-order chi connectivity index (χ1) is 13.4. The third-order valence-electron chi connectivity index (χ3n) is 5.06. The molecular weight excluding hydrogens is 366 g/mol. The maximum atomic E-state index is 13.2. The molecule has 0 spiro atoms. The number of benzene rings is 2. The second-order valence-corrected chi connectivity index (χ2v) is 9.25. The van der Waals surface area contributed by atoms with E-state index in [1.165, 1.54) is 30.1 Å². The predicted octanol–water partition coefficient (Wildman–Crippen LogP) is 5.68. The van der Waals surface area contributed by atoms with Crippen molar-refractivity contribution in [3.63, 3.8) is 0 Å². The van der Waals surface area contributed by atoms with Crippen LogP contribution in [0.15, 0.2) is 59.4 Å². The van der Waals surface area contributed by atoms with Gasteiger partial charge in [0.1, 0.15) is 5.69 Å². The Labute approximate surface area is 170 Å². The van der Waals surface area contributed by atoms with E-state index in [9.17, 15) is 4.79 Å². The van der Waals surface area contributed by atoms with E-state index in [1.54, 1.807) is 0 Å². The van der Waals surface area contributed by atoms with E-state index in [1.807, 2.05) is 22.2 Å². The first kappa shape index (κ1) is 18.8. The second-order valence-electron chi connectivity index (χ2n) is 8.30. The molecule has 28 heavy (non-hydrogen) atoms. The Kier molecular flexibility index (Phi) is 5.02. The van der Waals surface area contributed by atoms with Gasteiger partial charge in [-0.1, -0.05) is 41.9 Å². The largest absolute Gasteiger partial charge is 0.372 e. The molecular formula is C23H27N3OS. The number of anilines is 3. The molecule has 2 heterocycles. The van der Waals surface area contributed by atoms with Crippen molar-refractivity contribution in [2.75, 3.05) is 23.3 Å². The highest BCUT2D eigenvalue weighted by atomic mass is 32.1. The number of nitrogens with one attached hydrogen (secondary N) is 1. The van der Waals surface area contributed by atoms with Crippen molar-refractivity contribution in [2.24, 2.45) is 0 Å². The molecule has 0 bridgehead atoms. The summed E-state index contributed by atoms with van der Waals surface area (Å²) in [4.78, 5) is 16.6. The third-order valence-corrected chi connectivity index (χ3v) is 6.58. The molecule has 1 aromatic heterocycles. The monoisotopic (exact) mass is 393 g/mol. The summed E-state index contributed by atoms with van der Waals surface area (Å²) in [6.45, 7) is 8.45. The predicted molar refractivity (Wildman–Crippen MR) is 120 cm³/mol. The van der Waals surface area contributed by atoms with Crippen LogP contribution in [0.25, 0.3) is 10.4 Å². The van der Waals surface area contributed by atoms with Crippen LogP contribution in [-0.4, -0.2) is 17.0 Å². The number of aromatic nitrogens is 1. The smallest absolute Gasteiger partial charge is 0.285 e. The van der Waals surface area contributed by atoms with Crippen LogP contribution >= 0.6 is 11.5 Å². The van der Waals surface area contributed by atoms with Crippen LogP contribution in [0.1, 0.15) is 33.6 Å². The van der Waals surface area contributed by atoms with E-state index in [4.69, 9.17) is 0 Å². The van der Waals surface area contributed by atoms with Crippen LogP contribution in [0.3, 0.4) is 0 Å². The molecule has 1 aliphatic heterocycles. The lowest BCUT2D eigenvalue weighted by atomic mass is 10.1. The van der Waals surface area contributed by atoms with Crippen molar-refractivity contribution in [1.82, 2.24) is 3.96 Å². The Morgan fingerprint density at radius 3 is 2.18 bits per heavy atom. The van der Waals surface area contributed by atoms with E-state index in [2.05, 4.69) is 67.4 Å². The Balaban J connectivity index is 1.70. The van der Waals surface area contributed by atoms with Crippen LogP contribution in [0.2, 0.25) is 0 Å². The van der Waals surface area contributed by atoms with Gasteiger partial charge in [-0.2, -0.15) is 0 Å². The van der Waals surface area contributed by atoms with E-state index in [0.29, 0.717) is 5.69 Å². The van der Waals surface area contributed by atoms with E-state index < -0.39 is 0 Å². The maximum Gasteiger partial charge on any atom is 0.285 e. The fraction of sp³-hybridized carbons (Fsp3) is 0.348. The highest BCUT2D eigenvalue weighted by Gasteiger charge is 2.24. The number of hydrogen-bond donors (Lipinski definition) is 1. The zero-order valence-corrected chi connectivity index (χ0v) is 17.6. The maximum absolute atomic E-state index is 13.2. The van der Waals surface area contributed by atoms with Crippen LogP contribution in [0.4, 0.5) is 17.1 Å². The molecule has 1 N–H and O–H groups in total. The molecule has 1 fully saturated rings. The van der Waals surface area contributed by atoms with Gasteiger partial charge in [0.25, 0.3) is 5.56 Å². The SMILES string of the molecule is CC(C)(C)n1sc(-c2ccccc2)c(Nc2ccc(N3CCCC3)cc2)c1=O. The molecule has 0 unspecified atom stereocenters.